The average molecular weight is 367 g/mol. The molecule has 22 heavy (non-hydrogen) atoms. The van der Waals surface area contributed by atoms with Crippen LogP contribution < -0.4 is 0 Å². The van der Waals surface area contributed by atoms with E-state index in [-0.39, 0.29) is 5.97 Å². The normalized spacial score (nSPS) is 11.5. The van der Waals surface area contributed by atoms with E-state index in [0.29, 0.717) is 6.61 Å². The van der Waals surface area contributed by atoms with Gasteiger partial charge in [-0.3, -0.25) is 0 Å². The van der Waals surface area contributed by atoms with E-state index in [1.165, 1.54) is 57.4 Å². The molecule has 0 aliphatic rings. The second-order valence-electron chi connectivity index (χ2n) is 6.08. The molecule has 0 atom stereocenters. The zero-order valence-electron chi connectivity index (χ0n) is 14.0. The molecular formula is C17H32Cl2O2Si. The van der Waals surface area contributed by atoms with Gasteiger partial charge in [-0.1, -0.05) is 70.8 Å². The lowest BCUT2D eigenvalue weighted by molar-refractivity contribution is -0.137. The van der Waals surface area contributed by atoms with Crippen LogP contribution in [0.1, 0.15) is 77.0 Å². The van der Waals surface area contributed by atoms with Gasteiger partial charge < -0.3 is 4.74 Å². The number of esters is 1. The fraction of sp³-hybridized carbons (Fsp3) is 0.824. The van der Waals surface area contributed by atoms with E-state index in [2.05, 4.69) is 6.58 Å². The van der Waals surface area contributed by atoms with Gasteiger partial charge in [0.15, 0.2) is 0 Å². The van der Waals surface area contributed by atoms with Crippen molar-refractivity contribution in [3.05, 3.63) is 12.7 Å². The number of hydrogen-bond acceptors (Lipinski definition) is 2. The maximum atomic E-state index is 10.8. The van der Waals surface area contributed by atoms with Gasteiger partial charge in [-0.05, 0) is 12.8 Å². The van der Waals surface area contributed by atoms with Crippen molar-refractivity contribution < 1.29 is 9.53 Å². The Balaban J connectivity index is 3.09. The molecule has 5 heteroatoms. The van der Waals surface area contributed by atoms with Gasteiger partial charge in [0.25, 0.3) is 0 Å². The highest BCUT2D eigenvalue weighted by molar-refractivity contribution is 6.65. The first-order valence-electron chi connectivity index (χ1n) is 8.63. The van der Waals surface area contributed by atoms with Crippen LogP contribution in [0.5, 0.6) is 0 Å². The fourth-order valence-corrected chi connectivity index (χ4v) is 2.98. The summed E-state index contributed by atoms with van der Waals surface area (Å²) in [5, 5.41) is 0. The lowest BCUT2D eigenvalue weighted by atomic mass is 10.1. The van der Waals surface area contributed by atoms with E-state index >= 15 is 0 Å². The Morgan fingerprint density at radius 3 is 1.73 bits per heavy atom. The summed E-state index contributed by atoms with van der Waals surface area (Å²) < 4.78 is 4.52. The second-order valence-corrected chi connectivity index (χ2v) is 10.9. The monoisotopic (exact) mass is 366 g/mol. The quantitative estimate of drug-likeness (QED) is 0.135. The van der Waals surface area contributed by atoms with Gasteiger partial charge in [0.2, 0.25) is 0 Å². The molecule has 0 fully saturated rings. The maximum absolute atomic E-state index is 10.8. The van der Waals surface area contributed by atoms with Gasteiger partial charge in [-0.15, -0.1) is 23.2 Å². The van der Waals surface area contributed by atoms with Crippen LogP contribution in [-0.2, 0) is 9.53 Å². The summed E-state index contributed by atoms with van der Waals surface area (Å²) in [6.45, 7) is 3.89. The lowest BCUT2D eigenvalue weighted by Gasteiger charge is -2.12. The number of unbranched alkanes of at least 4 members (excludes halogenated alkanes) is 10. The molecule has 0 N–H and O–H groups in total. The van der Waals surface area contributed by atoms with Crippen molar-refractivity contribution in [3.8, 4) is 0 Å². The van der Waals surface area contributed by atoms with Crippen LogP contribution in [0.3, 0.4) is 0 Å². The highest BCUT2D eigenvalue weighted by Crippen LogP contribution is 2.23. The fourth-order valence-electron chi connectivity index (χ4n) is 2.36. The van der Waals surface area contributed by atoms with E-state index in [4.69, 9.17) is 27.9 Å². The summed E-state index contributed by atoms with van der Waals surface area (Å²) in [7, 11) is 0.850. The third-order valence-electron chi connectivity index (χ3n) is 3.67. The number of halogens is 2. The molecule has 0 saturated heterocycles. The van der Waals surface area contributed by atoms with Crippen molar-refractivity contribution in [1.82, 2.24) is 0 Å². The van der Waals surface area contributed by atoms with E-state index < -0.39 is 3.96 Å². The Bertz CT molecular complexity index is 291. The minimum absolute atomic E-state index is 0.316. The summed E-state index contributed by atoms with van der Waals surface area (Å²) in [4.78, 5) is 10.8. The summed E-state index contributed by atoms with van der Waals surface area (Å²) in [6.07, 6.45) is 15.8. The van der Waals surface area contributed by atoms with Crippen molar-refractivity contribution in [3.63, 3.8) is 0 Å². The third-order valence-corrected chi connectivity index (χ3v) is 4.55. The zero-order chi connectivity index (χ0) is 16.7. The molecular weight excluding hydrogens is 335 g/mol. The minimum atomic E-state index is -0.413. The van der Waals surface area contributed by atoms with Gasteiger partial charge in [0.05, 0.1) is 10.6 Å². The molecule has 0 rings (SSSR count). The highest BCUT2D eigenvalue weighted by Gasteiger charge is 2.14. The molecule has 2 nitrogen and oxygen atoms in total. The van der Waals surface area contributed by atoms with Crippen molar-refractivity contribution in [1.29, 1.82) is 0 Å². The van der Waals surface area contributed by atoms with Crippen LogP contribution in [0.2, 0.25) is 0 Å². The molecule has 0 unspecified atom stereocenters. The Morgan fingerprint density at radius 1 is 0.909 bits per heavy atom. The first-order valence-corrected chi connectivity index (χ1v) is 10.4. The van der Waals surface area contributed by atoms with Gasteiger partial charge in [0.1, 0.15) is 0 Å². The number of carbonyl (C=O) groups is 1. The number of rotatable bonds is 15. The molecule has 0 aliphatic heterocycles. The predicted octanol–water partition coefficient (Wildman–Crippen LogP) is 4.89. The van der Waals surface area contributed by atoms with Crippen LogP contribution in [0.25, 0.3) is 0 Å². The standard InChI is InChI=1S/C17H32Cl2O2Si/c1-2-16(20)21-15-13-11-9-7-5-3-4-6-8-10-12-14-17(18,19)22/h2H,1,3-15H2,22H3. The molecule has 0 amide bonds. The molecule has 0 aromatic rings. The van der Waals surface area contributed by atoms with Gasteiger partial charge >= 0.3 is 5.97 Å². The second kappa shape index (κ2) is 14.6. The Kier molecular flexibility index (Phi) is 14.6. The van der Waals surface area contributed by atoms with E-state index in [9.17, 15) is 4.79 Å². The van der Waals surface area contributed by atoms with Gasteiger partial charge in [0, 0.05) is 16.3 Å². The van der Waals surface area contributed by atoms with Crippen molar-refractivity contribution in [2.24, 2.45) is 0 Å². The Morgan fingerprint density at radius 2 is 1.32 bits per heavy atom. The minimum Gasteiger partial charge on any atom is -0.463 e. The van der Waals surface area contributed by atoms with Crippen LogP contribution >= 0.6 is 23.2 Å². The molecule has 0 aromatic heterocycles. The number of ether oxygens (including phenoxy) is 1. The molecule has 0 bridgehead atoms. The van der Waals surface area contributed by atoms with E-state index in [0.717, 1.165) is 35.9 Å². The van der Waals surface area contributed by atoms with E-state index in [1.807, 2.05) is 0 Å². The summed E-state index contributed by atoms with van der Waals surface area (Å²) in [6, 6.07) is 0. The first-order chi connectivity index (χ1) is 10.5. The maximum Gasteiger partial charge on any atom is 0.330 e. The largest absolute Gasteiger partial charge is 0.463 e. The molecule has 0 spiro atoms. The molecule has 130 valence electrons. The van der Waals surface area contributed by atoms with Crippen molar-refractivity contribution in [2.75, 3.05) is 6.61 Å². The van der Waals surface area contributed by atoms with Gasteiger partial charge in [-0.2, -0.15) is 0 Å². The molecule has 0 saturated carbocycles. The Labute approximate surface area is 149 Å². The van der Waals surface area contributed by atoms with Crippen LogP contribution in [-0.4, -0.2) is 26.8 Å². The Hall–Kier alpha value is 0.00688. The first kappa shape index (κ1) is 22.0. The molecule has 0 aromatic carbocycles. The zero-order valence-corrected chi connectivity index (χ0v) is 17.6. The van der Waals surface area contributed by atoms with Crippen LogP contribution in [0.15, 0.2) is 12.7 Å². The summed E-state index contributed by atoms with van der Waals surface area (Å²) in [5.74, 6) is -0.316. The molecule has 0 radical (unpaired) electrons. The number of hydrogen-bond donors (Lipinski definition) is 0. The smallest absolute Gasteiger partial charge is 0.330 e. The third kappa shape index (κ3) is 18.1. The van der Waals surface area contributed by atoms with Gasteiger partial charge in [-0.25, -0.2) is 4.79 Å². The number of alkyl halides is 2. The molecule has 0 aliphatic carbocycles. The van der Waals surface area contributed by atoms with E-state index in [1.54, 1.807) is 0 Å². The topological polar surface area (TPSA) is 26.3 Å². The summed E-state index contributed by atoms with van der Waals surface area (Å²) >= 11 is 12.0. The van der Waals surface area contributed by atoms with Crippen LogP contribution in [0.4, 0.5) is 0 Å². The predicted molar refractivity (Wildman–Crippen MR) is 101 cm³/mol. The highest BCUT2D eigenvalue weighted by atomic mass is 35.5. The van der Waals surface area contributed by atoms with Crippen LogP contribution in [0, 0.1) is 0 Å². The molecule has 0 heterocycles. The number of carbonyl (C=O) groups excluding carboxylic acids is 1. The SMILES string of the molecule is C=CC(=O)OCCCCCCCCCCCCCC([SiH3])(Cl)Cl. The lowest BCUT2D eigenvalue weighted by Crippen LogP contribution is -2.11. The van der Waals surface area contributed by atoms with Crippen molar-refractivity contribution >= 4 is 39.4 Å². The average Bonchev–Trinajstić information content (AvgIpc) is 2.46. The van der Waals surface area contributed by atoms with Crippen molar-refractivity contribution in [2.45, 2.75) is 81.0 Å². The summed E-state index contributed by atoms with van der Waals surface area (Å²) in [5.41, 5.74) is 0.